The monoisotopic (exact) mass is 417 g/mol. The zero-order chi connectivity index (χ0) is 22.1. The number of morpholine rings is 1. The van der Waals surface area contributed by atoms with Gasteiger partial charge in [-0.1, -0.05) is 26.8 Å². The molecule has 0 radical (unpaired) electrons. The van der Waals surface area contributed by atoms with Crippen LogP contribution < -0.4 is 16.7 Å². The molecule has 1 aromatic carbocycles. The second kappa shape index (κ2) is 8.61. The summed E-state index contributed by atoms with van der Waals surface area (Å²) in [5.41, 5.74) is 6.60. The van der Waals surface area contributed by atoms with Crippen molar-refractivity contribution in [1.82, 2.24) is 19.4 Å². The summed E-state index contributed by atoms with van der Waals surface area (Å²) in [5, 5.41) is 2.65. The van der Waals surface area contributed by atoms with Crippen LogP contribution in [0.2, 0.25) is 0 Å². The van der Waals surface area contributed by atoms with E-state index in [-0.39, 0.29) is 0 Å². The minimum atomic E-state index is -0.909. The van der Waals surface area contributed by atoms with Gasteiger partial charge in [0.15, 0.2) is 0 Å². The summed E-state index contributed by atoms with van der Waals surface area (Å²) >= 11 is 0. The molecule has 0 spiro atoms. The molecule has 164 valence electrons. The highest BCUT2D eigenvalue weighted by atomic mass is 16.5. The van der Waals surface area contributed by atoms with Gasteiger partial charge in [0.2, 0.25) is 5.91 Å². The van der Waals surface area contributed by atoms with E-state index in [1.54, 1.807) is 31.4 Å². The van der Waals surface area contributed by atoms with E-state index in [0.29, 0.717) is 37.3 Å². The molecule has 1 fully saturated rings. The van der Waals surface area contributed by atoms with Crippen LogP contribution in [0.15, 0.2) is 23.0 Å². The van der Waals surface area contributed by atoms with Crippen LogP contribution in [-0.4, -0.2) is 64.9 Å². The maximum atomic E-state index is 13.2. The minimum Gasteiger partial charge on any atom is -0.379 e. The average Bonchev–Trinajstić information content (AvgIpc) is 2.94. The fourth-order valence-corrected chi connectivity index (χ4v) is 3.75. The Morgan fingerprint density at radius 2 is 1.83 bits per heavy atom. The van der Waals surface area contributed by atoms with Gasteiger partial charge in [-0.05, 0) is 30.0 Å². The van der Waals surface area contributed by atoms with Gasteiger partial charge in [0.25, 0.3) is 0 Å². The first-order valence-electron chi connectivity index (χ1n) is 10.2. The van der Waals surface area contributed by atoms with Gasteiger partial charge in [-0.2, -0.15) is 0 Å². The molecule has 9 nitrogen and oxygen atoms in total. The number of nitrogens with zero attached hydrogens (tertiary/aromatic N) is 3. The second-order valence-electron chi connectivity index (χ2n) is 8.87. The first-order valence-corrected chi connectivity index (χ1v) is 10.2. The number of hydrogen-bond acceptors (Lipinski definition) is 5. The van der Waals surface area contributed by atoms with Crippen molar-refractivity contribution in [1.29, 1.82) is 0 Å². The fourth-order valence-electron chi connectivity index (χ4n) is 3.75. The number of carbonyl (C=O) groups excluding carboxylic acids is 2. The number of nitrogens with two attached hydrogens (primary N) is 1. The predicted molar refractivity (Wildman–Crippen MR) is 115 cm³/mol. The molecule has 1 atom stereocenters. The van der Waals surface area contributed by atoms with Crippen LogP contribution >= 0.6 is 0 Å². The molecule has 0 bridgehead atoms. The van der Waals surface area contributed by atoms with E-state index in [2.05, 4.69) is 10.2 Å². The van der Waals surface area contributed by atoms with E-state index in [4.69, 9.17) is 10.5 Å². The standard InChI is InChI=1S/C21H31N5O4/c1-14-5-6-15-16(13-14)26(19(28)23-17(18(22)27)21(2,3)4)20(29)25(15)8-7-24-9-11-30-12-10-24/h5-6,13,17H,7-12H2,1-4H3,(H2,22,27)(H,23,28)/t17-/m1/s1. The van der Waals surface area contributed by atoms with E-state index in [1.165, 1.54) is 0 Å². The normalized spacial score (nSPS) is 16.5. The van der Waals surface area contributed by atoms with Gasteiger partial charge in [0, 0.05) is 26.2 Å². The molecule has 2 aromatic rings. The molecule has 9 heteroatoms. The Morgan fingerprint density at radius 1 is 1.17 bits per heavy atom. The molecule has 30 heavy (non-hydrogen) atoms. The largest absolute Gasteiger partial charge is 0.379 e. The number of carbonyl (C=O) groups is 2. The number of hydrogen-bond donors (Lipinski definition) is 2. The summed E-state index contributed by atoms with van der Waals surface area (Å²) in [4.78, 5) is 40.4. The molecular weight excluding hydrogens is 386 g/mol. The summed E-state index contributed by atoms with van der Waals surface area (Å²) in [7, 11) is 0. The molecule has 1 aromatic heterocycles. The highest BCUT2D eigenvalue weighted by Gasteiger charge is 2.32. The maximum Gasteiger partial charge on any atom is 0.337 e. The lowest BCUT2D eigenvalue weighted by atomic mass is 9.86. The molecule has 0 saturated carbocycles. The summed E-state index contributed by atoms with van der Waals surface area (Å²) in [6, 6.07) is 4.01. The third-order valence-corrected chi connectivity index (χ3v) is 5.45. The topological polar surface area (TPSA) is 112 Å². The van der Waals surface area contributed by atoms with Crippen molar-refractivity contribution in [3.8, 4) is 0 Å². The van der Waals surface area contributed by atoms with Gasteiger partial charge in [-0.15, -0.1) is 0 Å². The Morgan fingerprint density at radius 3 is 2.43 bits per heavy atom. The number of benzene rings is 1. The highest BCUT2D eigenvalue weighted by molar-refractivity contribution is 5.93. The van der Waals surface area contributed by atoms with E-state index in [1.807, 2.05) is 19.1 Å². The molecule has 1 aliphatic heterocycles. The van der Waals surface area contributed by atoms with Crippen molar-refractivity contribution in [3.05, 3.63) is 34.2 Å². The quantitative estimate of drug-likeness (QED) is 0.751. The number of primary amides is 1. The molecule has 1 saturated heterocycles. The zero-order valence-corrected chi connectivity index (χ0v) is 18.1. The molecule has 0 unspecified atom stereocenters. The summed E-state index contributed by atoms with van der Waals surface area (Å²) in [5.74, 6) is -0.642. The second-order valence-corrected chi connectivity index (χ2v) is 8.87. The number of aromatic nitrogens is 2. The maximum absolute atomic E-state index is 13.2. The number of rotatable bonds is 5. The summed E-state index contributed by atoms with van der Waals surface area (Å²) in [6.07, 6.45) is 0. The number of amides is 2. The fraction of sp³-hybridized carbons (Fsp3) is 0.571. The van der Waals surface area contributed by atoms with E-state index in [9.17, 15) is 14.4 Å². The summed E-state index contributed by atoms with van der Waals surface area (Å²) in [6.45, 7) is 11.5. The van der Waals surface area contributed by atoms with Crippen LogP contribution in [0.3, 0.4) is 0 Å². The highest BCUT2D eigenvalue weighted by Crippen LogP contribution is 2.20. The average molecular weight is 418 g/mol. The SMILES string of the molecule is Cc1ccc2c(c1)n(C(=O)N[C@H](C(N)=O)C(C)(C)C)c(=O)n2CCN1CCOCC1. The number of fused-ring (bicyclic) bond motifs is 1. The van der Waals surface area contributed by atoms with E-state index in [0.717, 1.165) is 23.2 Å². The van der Waals surface area contributed by atoms with Crippen molar-refractivity contribution in [2.75, 3.05) is 32.8 Å². The van der Waals surface area contributed by atoms with E-state index < -0.39 is 29.1 Å². The third kappa shape index (κ3) is 4.57. The Labute approximate surface area is 175 Å². The molecule has 3 rings (SSSR count). The van der Waals surface area contributed by atoms with Crippen molar-refractivity contribution in [3.63, 3.8) is 0 Å². The van der Waals surface area contributed by atoms with Gasteiger partial charge in [-0.3, -0.25) is 14.3 Å². The van der Waals surface area contributed by atoms with Crippen molar-refractivity contribution in [2.24, 2.45) is 11.1 Å². The first kappa shape index (κ1) is 22.0. The molecule has 3 N–H and O–H groups in total. The van der Waals surface area contributed by atoms with Crippen LogP contribution in [0.1, 0.15) is 26.3 Å². The predicted octanol–water partition coefficient (Wildman–Crippen LogP) is 0.901. The van der Waals surface area contributed by atoms with Crippen LogP contribution in [0, 0.1) is 12.3 Å². The summed E-state index contributed by atoms with van der Waals surface area (Å²) < 4.78 is 8.08. The van der Waals surface area contributed by atoms with Crippen LogP contribution in [0.25, 0.3) is 11.0 Å². The van der Waals surface area contributed by atoms with Crippen molar-refractivity contribution < 1.29 is 14.3 Å². The van der Waals surface area contributed by atoms with Gasteiger partial charge in [0.1, 0.15) is 6.04 Å². The van der Waals surface area contributed by atoms with Gasteiger partial charge >= 0.3 is 11.7 Å². The Balaban J connectivity index is 1.96. The Kier molecular flexibility index (Phi) is 6.33. The molecular formula is C21H31N5O4. The molecule has 1 aliphatic rings. The molecule has 2 heterocycles. The van der Waals surface area contributed by atoms with Crippen LogP contribution in [-0.2, 0) is 16.1 Å². The van der Waals surface area contributed by atoms with Crippen LogP contribution in [0.5, 0.6) is 0 Å². The zero-order valence-electron chi connectivity index (χ0n) is 18.1. The minimum absolute atomic E-state index is 0.432. The Bertz CT molecular complexity index is 995. The van der Waals surface area contributed by atoms with Gasteiger partial charge < -0.3 is 15.8 Å². The van der Waals surface area contributed by atoms with Crippen LogP contribution in [0.4, 0.5) is 4.79 Å². The van der Waals surface area contributed by atoms with Crippen molar-refractivity contribution in [2.45, 2.75) is 40.3 Å². The van der Waals surface area contributed by atoms with E-state index >= 15 is 0 Å². The molecule has 0 aliphatic carbocycles. The smallest absolute Gasteiger partial charge is 0.337 e. The number of aryl methyl sites for hydroxylation is 1. The lowest BCUT2D eigenvalue weighted by Gasteiger charge is -2.28. The third-order valence-electron chi connectivity index (χ3n) is 5.45. The van der Waals surface area contributed by atoms with Gasteiger partial charge in [-0.25, -0.2) is 14.2 Å². The van der Waals surface area contributed by atoms with Gasteiger partial charge in [0.05, 0.1) is 24.2 Å². The van der Waals surface area contributed by atoms with Crippen molar-refractivity contribution >= 4 is 23.0 Å². The Hall–Kier alpha value is -2.65. The first-order chi connectivity index (χ1) is 14.1. The molecule has 2 amide bonds. The number of ether oxygens (including phenoxy) is 1. The lowest BCUT2D eigenvalue weighted by molar-refractivity contribution is -0.122. The number of nitrogens with one attached hydrogen (secondary N) is 1. The number of imidazole rings is 1. The lowest BCUT2D eigenvalue weighted by Crippen LogP contribution is -2.54.